The maximum absolute atomic E-state index is 13.8. The van der Waals surface area contributed by atoms with Crippen LogP contribution in [0.15, 0.2) is 81.1 Å². The third kappa shape index (κ3) is 6.09. The molecule has 0 radical (unpaired) electrons. The van der Waals surface area contributed by atoms with Crippen LogP contribution >= 0.6 is 0 Å². The molecule has 0 N–H and O–H groups in total. The number of hydrogen-bond acceptors (Lipinski definition) is 6. The van der Waals surface area contributed by atoms with Gasteiger partial charge in [0, 0.05) is 24.7 Å². The first-order valence-corrected chi connectivity index (χ1v) is 15.5. The summed E-state index contributed by atoms with van der Waals surface area (Å²) in [6, 6.07) is 16.2. The second-order valence-electron chi connectivity index (χ2n) is 9.04. The first-order chi connectivity index (χ1) is 17.8. The molecule has 1 aromatic heterocycles. The van der Waals surface area contributed by atoms with Crippen LogP contribution in [-0.2, 0) is 33.1 Å². The van der Waals surface area contributed by atoms with Crippen LogP contribution in [0.25, 0.3) is 0 Å². The molecule has 0 amide bonds. The molecule has 0 aliphatic carbocycles. The van der Waals surface area contributed by atoms with E-state index in [2.05, 4.69) is 0 Å². The molecule has 8 nitrogen and oxygen atoms in total. The number of nitrogens with zero attached hydrogens (tertiary/aromatic N) is 2. The Morgan fingerprint density at radius 3 is 2.32 bits per heavy atom. The van der Waals surface area contributed by atoms with Crippen LogP contribution in [0.4, 0.5) is 0 Å². The summed E-state index contributed by atoms with van der Waals surface area (Å²) in [5.74, 6) is 1.10. The number of rotatable bonds is 11. The van der Waals surface area contributed by atoms with Gasteiger partial charge in [0.25, 0.3) is 0 Å². The van der Waals surface area contributed by atoms with Gasteiger partial charge in [0.15, 0.2) is 0 Å². The zero-order valence-corrected chi connectivity index (χ0v) is 22.9. The lowest BCUT2D eigenvalue weighted by Gasteiger charge is -2.34. The van der Waals surface area contributed by atoms with Gasteiger partial charge in [-0.2, -0.15) is 8.61 Å². The largest absolute Gasteiger partial charge is 0.494 e. The van der Waals surface area contributed by atoms with E-state index in [0.29, 0.717) is 24.7 Å². The number of piperidine rings is 1. The fourth-order valence-corrected chi connectivity index (χ4v) is 7.84. The maximum Gasteiger partial charge on any atom is 0.243 e. The van der Waals surface area contributed by atoms with Crippen LogP contribution in [-0.4, -0.2) is 44.6 Å². The van der Waals surface area contributed by atoms with Crippen LogP contribution in [0.3, 0.4) is 0 Å². The summed E-state index contributed by atoms with van der Waals surface area (Å²) in [6.45, 7) is 4.87. The van der Waals surface area contributed by atoms with Crippen molar-refractivity contribution in [1.29, 1.82) is 0 Å². The first-order valence-electron chi connectivity index (χ1n) is 12.6. The summed E-state index contributed by atoms with van der Waals surface area (Å²) >= 11 is 0. The highest BCUT2D eigenvalue weighted by Crippen LogP contribution is 2.29. The SMILES string of the molecule is CCOc1ccccc1CN(Cc1ccco1)S(=O)(=O)c1ccc(S(=O)(=O)N2CCCC[C@H]2CC)cc1. The quantitative estimate of drug-likeness (QED) is 0.335. The minimum atomic E-state index is -4.00. The lowest BCUT2D eigenvalue weighted by molar-refractivity contribution is 0.246. The van der Waals surface area contributed by atoms with E-state index in [0.717, 1.165) is 31.2 Å². The second-order valence-corrected chi connectivity index (χ2v) is 12.9. The second kappa shape index (κ2) is 11.8. The van der Waals surface area contributed by atoms with Crippen LogP contribution in [0.2, 0.25) is 0 Å². The molecule has 4 rings (SSSR count). The van der Waals surface area contributed by atoms with Crippen molar-refractivity contribution < 1.29 is 26.0 Å². The molecule has 37 heavy (non-hydrogen) atoms. The molecular weight excluding hydrogens is 512 g/mol. The molecular formula is C27H34N2O6S2. The van der Waals surface area contributed by atoms with Gasteiger partial charge in [-0.15, -0.1) is 0 Å². The number of para-hydroxylation sites is 1. The Labute approximate surface area is 220 Å². The molecule has 0 unspecified atom stereocenters. The zero-order chi connectivity index (χ0) is 26.5. The van der Waals surface area contributed by atoms with Gasteiger partial charge in [0.05, 0.1) is 29.2 Å². The predicted octanol–water partition coefficient (Wildman–Crippen LogP) is 5.02. The van der Waals surface area contributed by atoms with Gasteiger partial charge >= 0.3 is 0 Å². The summed E-state index contributed by atoms with van der Waals surface area (Å²) in [5.41, 5.74) is 0.717. The molecule has 1 atom stereocenters. The van der Waals surface area contributed by atoms with Crippen LogP contribution in [0.1, 0.15) is 50.9 Å². The molecule has 2 aromatic carbocycles. The van der Waals surface area contributed by atoms with Gasteiger partial charge in [-0.3, -0.25) is 0 Å². The Hall–Kier alpha value is -2.66. The Kier molecular flexibility index (Phi) is 8.74. The van der Waals surface area contributed by atoms with E-state index in [-0.39, 0.29) is 28.9 Å². The van der Waals surface area contributed by atoms with Crippen molar-refractivity contribution in [3.63, 3.8) is 0 Å². The average molecular weight is 547 g/mol. The van der Waals surface area contributed by atoms with Gasteiger partial charge in [-0.1, -0.05) is 31.5 Å². The topological polar surface area (TPSA) is 97.1 Å². The highest BCUT2D eigenvalue weighted by atomic mass is 32.2. The van der Waals surface area contributed by atoms with Crippen molar-refractivity contribution >= 4 is 20.0 Å². The Morgan fingerprint density at radius 2 is 1.65 bits per heavy atom. The molecule has 0 saturated carbocycles. The van der Waals surface area contributed by atoms with E-state index in [1.165, 1.54) is 34.8 Å². The third-order valence-corrected chi connectivity index (χ3v) is 10.4. The van der Waals surface area contributed by atoms with Crippen molar-refractivity contribution in [2.24, 2.45) is 0 Å². The Bertz CT molecular complexity index is 1370. The molecule has 0 bridgehead atoms. The lowest BCUT2D eigenvalue weighted by Crippen LogP contribution is -2.43. The fraction of sp³-hybridized carbons (Fsp3) is 0.407. The van der Waals surface area contributed by atoms with Crippen molar-refractivity contribution in [2.45, 2.75) is 68.5 Å². The van der Waals surface area contributed by atoms with Gasteiger partial charge < -0.3 is 9.15 Å². The number of sulfonamides is 2. The van der Waals surface area contributed by atoms with Crippen LogP contribution < -0.4 is 4.74 Å². The van der Waals surface area contributed by atoms with Gasteiger partial charge in [0.1, 0.15) is 11.5 Å². The summed E-state index contributed by atoms with van der Waals surface area (Å²) in [5, 5.41) is 0. The highest BCUT2D eigenvalue weighted by molar-refractivity contribution is 7.89. The number of hydrogen-bond donors (Lipinski definition) is 0. The van der Waals surface area contributed by atoms with Crippen molar-refractivity contribution in [2.75, 3.05) is 13.2 Å². The molecule has 200 valence electrons. The van der Waals surface area contributed by atoms with E-state index < -0.39 is 20.0 Å². The summed E-state index contributed by atoms with van der Waals surface area (Å²) in [7, 11) is -7.71. The van der Waals surface area contributed by atoms with E-state index in [9.17, 15) is 16.8 Å². The van der Waals surface area contributed by atoms with E-state index in [1.54, 1.807) is 22.5 Å². The predicted molar refractivity (Wildman–Crippen MR) is 141 cm³/mol. The standard InChI is InChI=1S/C27H34N2O6S2/c1-3-23-11-7-8-18-29(23)37(32,33)26-16-14-25(15-17-26)36(30,31)28(21-24-12-9-19-35-24)20-22-10-5-6-13-27(22)34-4-2/h5-6,9-10,12-17,19,23H,3-4,7-8,11,18,20-21H2,1-2H3/t23-/m1/s1. The van der Waals surface area contributed by atoms with E-state index >= 15 is 0 Å². The minimum Gasteiger partial charge on any atom is -0.494 e. The normalized spacial score (nSPS) is 17.2. The van der Waals surface area contributed by atoms with Crippen LogP contribution in [0.5, 0.6) is 5.75 Å². The van der Waals surface area contributed by atoms with E-state index in [4.69, 9.17) is 9.15 Å². The fourth-order valence-electron chi connectivity index (χ4n) is 4.69. The number of ether oxygens (including phenoxy) is 1. The van der Waals surface area contributed by atoms with Gasteiger partial charge in [-0.05, 0) is 68.7 Å². The highest BCUT2D eigenvalue weighted by Gasteiger charge is 2.33. The molecule has 0 spiro atoms. The number of furan rings is 1. The van der Waals surface area contributed by atoms with Crippen molar-refractivity contribution in [3.05, 3.63) is 78.3 Å². The van der Waals surface area contributed by atoms with Gasteiger partial charge in [-0.25, -0.2) is 16.8 Å². The minimum absolute atomic E-state index is 0.0117. The molecule has 10 heteroatoms. The summed E-state index contributed by atoms with van der Waals surface area (Å²) in [4.78, 5) is 0.114. The number of benzene rings is 2. The van der Waals surface area contributed by atoms with Crippen LogP contribution in [0, 0.1) is 0 Å². The molecule has 3 aromatic rings. The molecule has 2 heterocycles. The summed E-state index contributed by atoms with van der Waals surface area (Å²) in [6.07, 6.45) is 4.93. The summed E-state index contributed by atoms with van der Waals surface area (Å²) < 4.78 is 68.3. The third-order valence-electron chi connectivity index (χ3n) is 6.64. The van der Waals surface area contributed by atoms with Gasteiger partial charge in [0.2, 0.25) is 20.0 Å². The zero-order valence-electron chi connectivity index (χ0n) is 21.2. The lowest BCUT2D eigenvalue weighted by atomic mass is 10.0. The molecule has 1 aliphatic rings. The molecule has 1 saturated heterocycles. The monoisotopic (exact) mass is 546 g/mol. The average Bonchev–Trinajstić information content (AvgIpc) is 3.43. The maximum atomic E-state index is 13.8. The first kappa shape index (κ1) is 27.4. The smallest absolute Gasteiger partial charge is 0.243 e. The Balaban J connectivity index is 1.64. The van der Waals surface area contributed by atoms with Crippen molar-refractivity contribution in [3.8, 4) is 5.75 Å². The Morgan fingerprint density at radius 1 is 0.919 bits per heavy atom. The van der Waals surface area contributed by atoms with Crippen molar-refractivity contribution in [1.82, 2.24) is 8.61 Å². The van der Waals surface area contributed by atoms with E-state index in [1.807, 2.05) is 32.0 Å². The molecule has 1 aliphatic heterocycles. The molecule has 1 fully saturated rings.